The van der Waals surface area contributed by atoms with Crippen LogP contribution in [0, 0.1) is 0 Å². The molecule has 1 amide bonds. The summed E-state index contributed by atoms with van der Waals surface area (Å²) in [5.41, 5.74) is 1.48. The second kappa shape index (κ2) is 6.40. The molecule has 0 aliphatic carbocycles. The largest absolute Gasteiger partial charge is 0.341 e. The van der Waals surface area contributed by atoms with Crippen LogP contribution >= 0.6 is 11.6 Å². The van der Waals surface area contributed by atoms with Gasteiger partial charge in [0.1, 0.15) is 6.54 Å². The third-order valence-corrected chi connectivity index (χ3v) is 4.97. The number of rotatable bonds is 3. The summed E-state index contributed by atoms with van der Waals surface area (Å²) >= 11 is 6.00. The zero-order chi connectivity index (χ0) is 17.4. The summed E-state index contributed by atoms with van der Waals surface area (Å²) in [5, 5.41) is 0.598. The first kappa shape index (κ1) is 16.0. The summed E-state index contributed by atoms with van der Waals surface area (Å²) in [6.07, 6.45) is 6.59. The molecule has 0 bridgehead atoms. The summed E-state index contributed by atoms with van der Waals surface area (Å²) in [5.74, 6) is 0.0782. The Morgan fingerprint density at radius 2 is 2.12 bits per heavy atom. The van der Waals surface area contributed by atoms with E-state index in [1.165, 1.54) is 0 Å². The molecule has 2 aromatic heterocycles. The third-order valence-electron chi connectivity index (χ3n) is 4.74. The monoisotopic (exact) mass is 359 g/mol. The zero-order valence-electron chi connectivity index (χ0n) is 13.6. The van der Waals surface area contributed by atoms with Gasteiger partial charge in [-0.1, -0.05) is 11.6 Å². The molecule has 0 atom stereocenters. The SMILES string of the molecule is O=C(Cn1ccnc1)N1CCC(n2c(=O)[nH]c3cc(Cl)ccc32)CC1. The molecule has 1 fully saturated rings. The van der Waals surface area contributed by atoms with E-state index in [0.29, 0.717) is 24.7 Å². The van der Waals surface area contributed by atoms with E-state index in [4.69, 9.17) is 11.6 Å². The van der Waals surface area contributed by atoms with Crippen molar-refractivity contribution in [1.82, 2.24) is 24.0 Å². The lowest BCUT2D eigenvalue weighted by molar-refractivity contribution is -0.133. The Bertz CT molecular complexity index is 951. The van der Waals surface area contributed by atoms with Crippen molar-refractivity contribution in [2.75, 3.05) is 13.1 Å². The predicted molar refractivity (Wildman–Crippen MR) is 94.6 cm³/mol. The minimum Gasteiger partial charge on any atom is -0.341 e. The summed E-state index contributed by atoms with van der Waals surface area (Å²) in [7, 11) is 0. The highest BCUT2D eigenvalue weighted by Gasteiger charge is 2.26. The van der Waals surface area contributed by atoms with Crippen LogP contribution in [-0.2, 0) is 11.3 Å². The van der Waals surface area contributed by atoms with Crippen molar-refractivity contribution < 1.29 is 4.79 Å². The Morgan fingerprint density at radius 1 is 1.32 bits per heavy atom. The number of nitrogens with zero attached hydrogens (tertiary/aromatic N) is 4. The minimum atomic E-state index is -0.125. The molecule has 4 rings (SSSR count). The Labute approximate surface area is 148 Å². The van der Waals surface area contributed by atoms with Gasteiger partial charge in [-0.15, -0.1) is 0 Å². The number of aromatic amines is 1. The lowest BCUT2D eigenvalue weighted by Crippen LogP contribution is -2.41. The lowest BCUT2D eigenvalue weighted by Gasteiger charge is -2.32. The van der Waals surface area contributed by atoms with Crippen molar-refractivity contribution >= 4 is 28.5 Å². The second-order valence-electron chi connectivity index (χ2n) is 6.31. The van der Waals surface area contributed by atoms with Crippen molar-refractivity contribution in [2.24, 2.45) is 0 Å². The summed E-state index contributed by atoms with van der Waals surface area (Å²) < 4.78 is 3.56. The first-order valence-corrected chi connectivity index (χ1v) is 8.63. The molecule has 25 heavy (non-hydrogen) atoms. The number of carbonyl (C=O) groups excluding carboxylic acids is 1. The average Bonchev–Trinajstić information content (AvgIpc) is 3.21. The highest BCUT2D eigenvalue weighted by atomic mass is 35.5. The second-order valence-corrected chi connectivity index (χ2v) is 6.75. The number of likely N-dealkylation sites (tertiary alicyclic amines) is 1. The number of imidazole rings is 2. The molecule has 7 nitrogen and oxygen atoms in total. The summed E-state index contributed by atoms with van der Waals surface area (Å²) in [4.78, 5) is 33.4. The van der Waals surface area contributed by atoms with Gasteiger partial charge in [0, 0.05) is 36.5 Å². The van der Waals surface area contributed by atoms with E-state index in [-0.39, 0.29) is 17.6 Å². The smallest absolute Gasteiger partial charge is 0.326 e. The number of nitrogens with one attached hydrogen (secondary N) is 1. The first-order valence-electron chi connectivity index (χ1n) is 8.25. The van der Waals surface area contributed by atoms with E-state index in [1.54, 1.807) is 40.0 Å². The van der Waals surface area contributed by atoms with Crippen LogP contribution in [-0.4, -0.2) is 43.0 Å². The molecule has 1 aliphatic heterocycles. The molecule has 0 radical (unpaired) electrons. The van der Waals surface area contributed by atoms with E-state index >= 15 is 0 Å². The number of carbonyl (C=O) groups is 1. The maximum absolute atomic E-state index is 12.4. The van der Waals surface area contributed by atoms with E-state index in [1.807, 2.05) is 11.0 Å². The number of hydrogen-bond acceptors (Lipinski definition) is 3. The van der Waals surface area contributed by atoms with E-state index in [2.05, 4.69) is 9.97 Å². The van der Waals surface area contributed by atoms with Gasteiger partial charge in [-0.25, -0.2) is 9.78 Å². The van der Waals surface area contributed by atoms with E-state index in [9.17, 15) is 9.59 Å². The van der Waals surface area contributed by atoms with Crippen molar-refractivity contribution in [3.8, 4) is 0 Å². The van der Waals surface area contributed by atoms with Gasteiger partial charge in [0.05, 0.1) is 17.4 Å². The standard InChI is InChI=1S/C17H18ClN5O2/c18-12-1-2-15-14(9-12)20-17(25)23(15)13-3-6-22(7-4-13)16(24)10-21-8-5-19-11-21/h1-2,5,8-9,11,13H,3-4,6-7,10H2,(H,20,25). The molecule has 0 unspecified atom stereocenters. The number of piperidine rings is 1. The van der Waals surface area contributed by atoms with Gasteiger partial charge in [0.2, 0.25) is 5.91 Å². The van der Waals surface area contributed by atoms with Gasteiger partial charge in [0.25, 0.3) is 0 Å². The van der Waals surface area contributed by atoms with Crippen LogP contribution in [0.25, 0.3) is 11.0 Å². The van der Waals surface area contributed by atoms with Crippen LogP contribution in [0.3, 0.4) is 0 Å². The number of aromatic nitrogens is 4. The molecule has 1 aliphatic rings. The molecule has 0 saturated carbocycles. The minimum absolute atomic E-state index is 0.0782. The number of amides is 1. The third kappa shape index (κ3) is 3.07. The molecule has 1 saturated heterocycles. The van der Waals surface area contributed by atoms with Gasteiger partial charge in [-0.3, -0.25) is 9.36 Å². The van der Waals surface area contributed by atoms with E-state index in [0.717, 1.165) is 23.9 Å². The van der Waals surface area contributed by atoms with Crippen molar-refractivity contribution in [3.05, 3.63) is 52.4 Å². The maximum Gasteiger partial charge on any atom is 0.326 e. The number of benzene rings is 1. The van der Waals surface area contributed by atoms with Gasteiger partial charge in [-0.2, -0.15) is 0 Å². The van der Waals surface area contributed by atoms with Crippen LogP contribution in [0.2, 0.25) is 5.02 Å². The van der Waals surface area contributed by atoms with Gasteiger partial charge < -0.3 is 14.5 Å². The summed E-state index contributed by atoms with van der Waals surface area (Å²) in [6, 6.07) is 5.50. The fourth-order valence-electron chi connectivity index (χ4n) is 3.48. The highest BCUT2D eigenvalue weighted by Crippen LogP contribution is 2.26. The molecule has 1 N–H and O–H groups in total. The number of H-pyrrole nitrogens is 1. The fourth-order valence-corrected chi connectivity index (χ4v) is 3.65. The molecular weight excluding hydrogens is 342 g/mol. The molecule has 0 spiro atoms. The van der Waals surface area contributed by atoms with E-state index < -0.39 is 0 Å². The normalized spacial score (nSPS) is 15.8. The van der Waals surface area contributed by atoms with Gasteiger partial charge in [0.15, 0.2) is 0 Å². The molecule has 1 aromatic carbocycles. The zero-order valence-corrected chi connectivity index (χ0v) is 14.3. The number of hydrogen-bond donors (Lipinski definition) is 1. The van der Waals surface area contributed by atoms with Crippen LogP contribution in [0.1, 0.15) is 18.9 Å². The van der Waals surface area contributed by atoms with Gasteiger partial charge in [-0.05, 0) is 31.0 Å². The first-order chi connectivity index (χ1) is 12.1. The number of fused-ring (bicyclic) bond motifs is 1. The molecular formula is C17H18ClN5O2. The summed E-state index contributed by atoms with van der Waals surface area (Å²) in [6.45, 7) is 1.59. The lowest BCUT2D eigenvalue weighted by atomic mass is 10.0. The van der Waals surface area contributed by atoms with Crippen LogP contribution in [0.15, 0.2) is 41.7 Å². The van der Waals surface area contributed by atoms with Crippen LogP contribution in [0.4, 0.5) is 0 Å². The molecule has 3 aromatic rings. The Hall–Kier alpha value is -2.54. The maximum atomic E-state index is 12.4. The quantitative estimate of drug-likeness (QED) is 0.777. The van der Waals surface area contributed by atoms with Crippen molar-refractivity contribution in [2.45, 2.75) is 25.4 Å². The number of halogens is 1. The Morgan fingerprint density at radius 3 is 2.84 bits per heavy atom. The Balaban J connectivity index is 1.48. The topological polar surface area (TPSA) is 75.9 Å². The highest BCUT2D eigenvalue weighted by molar-refractivity contribution is 6.31. The van der Waals surface area contributed by atoms with Crippen molar-refractivity contribution in [1.29, 1.82) is 0 Å². The molecule has 8 heteroatoms. The molecule has 3 heterocycles. The molecule has 130 valence electrons. The van der Waals surface area contributed by atoms with Crippen LogP contribution in [0.5, 0.6) is 0 Å². The fraction of sp³-hybridized carbons (Fsp3) is 0.353. The Kier molecular flexibility index (Phi) is 4.09. The predicted octanol–water partition coefficient (Wildman–Crippen LogP) is 2.04. The van der Waals surface area contributed by atoms with Gasteiger partial charge >= 0.3 is 5.69 Å². The average molecular weight is 360 g/mol. The van der Waals surface area contributed by atoms with Crippen LogP contribution < -0.4 is 5.69 Å². The van der Waals surface area contributed by atoms with Crippen molar-refractivity contribution in [3.63, 3.8) is 0 Å².